The van der Waals surface area contributed by atoms with Gasteiger partial charge < -0.3 is 15.4 Å². The van der Waals surface area contributed by atoms with Crippen LogP contribution in [0.2, 0.25) is 0 Å². The molecule has 2 aromatic carbocycles. The van der Waals surface area contributed by atoms with Gasteiger partial charge in [0.25, 0.3) is 0 Å². The Labute approximate surface area is 115 Å². The Bertz CT molecular complexity index is 767. The molecule has 0 bridgehead atoms. The molecule has 1 heterocycles. The highest BCUT2D eigenvalue weighted by atomic mass is 19.1. The van der Waals surface area contributed by atoms with E-state index in [2.05, 4.69) is 4.98 Å². The summed E-state index contributed by atoms with van der Waals surface area (Å²) >= 11 is 0. The van der Waals surface area contributed by atoms with Gasteiger partial charge in [0, 0.05) is 17.8 Å². The van der Waals surface area contributed by atoms with Crippen LogP contribution in [0.5, 0.6) is 0 Å². The zero-order valence-corrected chi connectivity index (χ0v) is 10.8. The molecule has 0 aliphatic rings. The Morgan fingerprint density at radius 2 is 2.00 bits per heavy atom. The quantitative estimate of drug-likeness (QED) is 0.719. The number of fused-ring (bicyclic) bond motifs is 1. The maximum atomic E-state index is 13.2. The maximum absolute atomic E-state index is 13.2. The van der Waals surface area contributed by atoms with Gasteiger partial charge in [-0.15, -0.1) is 0 Å². The smallest absolute Gasteiger partial charge is 0.143 e. The molecule has 1 aromatic heterocycles. The second-order valence-corrected chi connectivity index (χ2v) is 4.53. The number of para-hydroxylation sites is 2. The minimum absolute atomic E-state index is 0.00550. The second-order valence-electron chi connectivity index (χ2n) is 4.53. The SMILES string of the molecule is Nc1cc(F)ccc1-c1nc2ccccc2n1CCO. The van der Waals surface area contributed by atoms with E-state index in [0.29, 0.717) is 23.6 Å². The van der Waals surface area contributed by atoms with Gasteiger partial charge in [-0.2, -0.15) is 0 Å². The molecule has 0 saturated carbocycles. The summed E-state index contributed by atoms with van der Waals surface area (Å²) in [6, 6.07) is 11.9. The molecule has 20 heavy (non-hydrogen) atoms. The number of halogens is 1. The van der Waals surface area contributed by atoms with Crippen molar-refractivity contribution < 1.29 is 9.50 Å². The van der Waals surface area contributed by atoms with Gasteiger partial charge in [-0.1, -0.05) is 12.1 Å². The highest BCUT2D eigenvalue weighted by Gasteiger charge is 2.14. The largest absolute Gasteiger partial charge is 0.398 e. The zero-order chi connectivity index (χ0) is 14.1. The number of imidazole rings is 1. The number of nitrogen functional groups attached to an aromatic ring is 1. The van der Waals surface area contributed by atoms with Crippen molar-refractivity contribution in [3.05, 3.63) is 48.3 Å². The molecule has 0 atom stereocenters. The van der Waals surface area contributed by atoms with E-state index < -0.39 is 0 Å². The number of aromatic nitrogens is 2. The third kappa shape index (κ3) is 2.02. The Morgan fingerprint density at radius 3 is 2.75 bits per heavy atom. The number of rotatable bonds is 3. The molecule has 0 radical (unpaired) electrons. The van der Waals surface area contributed by atoms with Gasteiger partial charge >= 0.3 is 0 Å². The van der Waals surface area contributed by atoms with Crippen LogP contribution in [0.1, 0.15) is 0 Å². The molecule has 102 valence electrons. The first-order valence-electron chi connectivity index (χ1n) is 6.32. The van der Waals surface area contributed by atoms with Crippen molar-refractivity contribution >= 4 is 16.7 Å². The van der Waals surface area contributed by atoms with Gasteiger partial charge in [0.1, 0.15) is 11.6 Å². The van der Waals surface area contributed by atoms with Gasteiger partial charge in [-0.05, 0) is 30.3 Å². The van der Waals surface area contributed by atoms with Crippen LogP contribution >= 0.6 is 0 Å². The maximum Gasteiger partial charge on any atom is 0.143 e. The molecule has 0 aliphatic carbocycles. The van der Waals surface area contributed by atoms with Gasteiger partial charge in [0.2, 0.25) is 0 Å². The monoisotopic (exact) mass is 271 g/mol. The molecule has 3 rings (SSSR count). The van der Waals surface area contributed by atoms with Crippen molar-refractivity contribution in [1.82, 2.24) is 9.55 Å². The van der Waals surface area contributed by atoms with Crippen LogP contribution in [0.3, 0.4) is 0 Å². The summed E-state index contributed by atoms with van der Waals surface area (Å²) in [4.78, 5) is 4.54. The van der Waals surface area contributed by atoms with E-state index in [1.165, 1.54) is 12.1 Å². The molecular formula is C15H14FN3O. The fraction of sp³-hybridized carbons (Fsp3) is 0.133. The standard InChI is InChI=1S/C15H14FN3O/c16-10-5-6-11(12(17)9-10)15-18-13-3-1-2-4-14(13)19(15)7-8-20/h1-6,9,20H,7-8,17H2. The Hall–Kier alpha value is -2.40. The van der Waals surface area contributed by atoms with Gasteiger partial charge in [-0.25, -0.2) is 9.37 Å². The summed E-state index contributed by atoms with van der Waals surface area (Å²) in [6.07, 6.45) is 0. The first-order chi connectivity index (χ1) is 9.70. The van der Waals surface area contributed by atoms with E-state index in [-0.39, 0.29) is 12.4 Å². The molecule has 5 heteroatoms. The van der Waals surface area contributed by atoms with Crippen molar-refractivity contribution in [2.45, 2.75) is 6.54 Å². The number of hydrogen-bond acceptors (Lipinski definition) is 3. The average molecular weight is 271 g/mol. The van der Waals surface area contributed by atoms with E-state index >= 15 is 0 Å². The molecule has 0 fully saturated rings. The summed E-state index contributed by atoms with van der Waals surface area (Å²) < 4.78 is 15.1. The Balaban J connectivity index is 2.26. The van der Waals surface area contributed by atoms with Crippen molar-refractivity contribution in [2.75, 3.05) is 12.3 Å². The van der Waals surface area contributed by atoms with Gasteiger partial charge in [0.05, 0.1) is 17.6 Å². The Morgan fingerprint density at radius 1 is 1.20 bits per heavy atom. The first kappa shape index (κ1) is 12.6. The first-order valence-corrected chi connectivity index (χ1v) is 6.32. The van der Waals surface area contributed by atoms with Crippen molar-refractivity contribution in [3.63, 3.8) is 0 Å². The highest BCUT2D eigenvalue weighted by Crippen LogP contribution is 2.29. The average Bonchev–Trinajstić information content (AvgIpc) is 2.78. The molecule has 3 N–H and O–H groups in total. The van der Waals surface area contributed by atoms with Gasteiger partial charge in [-0.3, -0.25) is 0 Å². The highest BCUT2D eigenvalue weighted by molar-refractivity contribution is 5.83. The molecule has 0 amide bonds. The predicted octanol–water partition coefficient (Wildman–Crippen LogP) is 2.42. The molecular weight excluding hydrogens is 257 g/mol. The lowest BCUT2D eigenvalue weighted by Gasteiger charge is -2.09. The lowest BCUT2D eigenvalue weighted by Crippen LogP contribution is -2.05. The number of anilines is 1. The number of aliphatic hydroxyl groups is 1. The van der Waals surface area contributed by atoms with E-state index in [1.807, 2.05) is 28.8 Å². The second kappa shape index (κ2) is 4.94. The summed E-state index contributed by atoms with van der Waals surface area (Å²) in [5.74, 6) is 0.258. The summed E-state index contributed by atoms with van der Waals surface area (Å²) in [6.45, 7) is 0.404. The molecule has 0 aliphatic heterocycles. The van der Waals surface area contributed by atoms with E-state index in [0.717, 1.165) is 11.0 Å². The van der Waals surface area contributed by atoms with Crippen LogP contribution in [-0.4, -0.2) is 21.3 Å². The summed E-state index contributed by atoms with van der Waals surface area (Å²) in [5, 5.41) is 9.24. The lowest BCUT2D eigenvalue weighted by atomic mass is 10.1. The minimum atomic E-state index is -0.379. The van der Waals surface area contributed by atoms with Crippen LogP contribution < -0.4 is 5.73 Å². The van der Waals surface area contributed by atoms with E-state index in [1.54, 1.807) is 6.07 Å². The van der Waals surface area contributed by atoms with Crippen LogP contribution in [0.4, 0.5) is 10.1 Å². The molecule has 0 unspecified atom stereocenters. The number of nitrogens with two attached hydrogens (primary N) is 1. The van der Waals surface area contributed by atoms with E-state index in [9.17, 15) is 9.50 Å². The predicted molar refractivity (Wildman–Crippen MR) is 76.6 cm³/mol. The molecule has 3 aromatic rings. The third-order valence-corrected chi connectivity index (χ3v) is 3.23. The van der Waals surface area contributed by atoms with Crippen LogP contribution in [0, 0.1) is 5.82 Å². The number of benzene rings is 2. The number of aliphatic hydroxyl groups excluding tert-OH is 1. The van der Waals surface area contributed by atoms with Crippen molar-refractivity contribution in [3.8, 4) is 11.4 Å². The molecule has 0 spiro atoms. The number of hydrogen-bond donors (Lipinski definition) is 2. The van der Waals surface area contributed by atoms with Crippen LogP contribution in [-0.2, 0) is 6.54 Å². The van der Waals surface area contributed by atoms with E-state index in [4.69, 9.17) is 5.73 Å². The fourth-order valence-corrected chi connectivity index (χ4v) is 2.34. The normalized spacial score (nSPS) is 11.1. The fourth-order valence-electron chi connectivity index (χ4n) is 2.34. The van der Waals surface area contributed by atoms with Crippen molar-refractivity contribution in [2.24, 2.45) is 0 Å². The molecule has 4 nitrogen and oxygen atoms in total. The minimum Gasteiger partial charge on any atom is -0.398 e. The van der Waals surface area contributed by atoms with Crippen molar-refractivity contribution in [1.29, 1.82) is 0 Å². The zero-order valence-electron chi connectivity index (χ0n) is 10.8. The number of nitrogens with zero attached hydrogens (tertiary/aromatic N) is 2. The van der Waals surface area contributed by atoms with Gasteiger partial charge in [0.15, 0.2) is 0 Å². The molecule has 0 saturated heterocycles. The third-order valence-electron chi connectivity index (χ3n) is 3.23. The van der Waals surface area contributed by atoms with Crippen LogP contribution in [0.15, 0.2) is 42.5 Å². The van der Waals surface area contributed by atoms with Crippen LogP contribution in [0.25, 0.3) is 22.4 Å². The topological polar surface area (TPSA) is 64.1 Å². The summed E-state index contributed by atoms with van der Waals surface area (Å²) in [5.41, 5.74) is 8.62. The Kier molecular flexibility index (Phi) is 3.12. The lowest BCUT2D eigenvalue weighted by molar-refractivity contribution is 0.278. The summed E-state index contributed by atoms with van der Waals surface area (Å²) in [7, 11) is 0.